The molecule has 0 unspecified atom stereocenters. The number of unbranched alkanes of at least 4 members (excludes halogenated alkanes) is 15. The van der Waals surface area contributed by atoms with Crippen LogP contribution in [-0.4, -0.2) is 18.5 Å². The molecule has 0 rings (SSSR count). The minimum Gasteiger partial charge on any atom is -1.00 e. The van der Waals surface area contributed by atoms with Gasteiger partial charge < -0.3 is 2.85 Å². The number of rotatable bonds is 21. The molecule has 0 atom stereocenters. The molecule has 0 aliphatic heterocycles. The predicted molar refractivity (Wildman–Crippen MR) is 124 cm³/mol. The molecule has 0 N–H and O–H groups in total. The summed E-state index contributed by atoms with van der Waals surface area (Å²) in [5, 5.41) is 0. The molecule has 0 spiro atoms. The van der Waals surface area contributed by atoms with Gasteiger partial charge in [-0.15, -0.1) is 7.92 Å². The maximum absolute atomic E-state index is 2.32. The summed E-state index contributed by atoms with van der Waals surface area (Å²) in [4.78, 5) is 0. The summed E-state index contributed by atoms with van der Waals surface area (Å²) in [6.07, 6.45) is 31.2. The summed E-state index contributed by atoms with van der Waals surface area (Å²) in [6.45, 7) is 6.96. The fourth-order valence-corrected chi connectivity index (χ4v) is 6.37. The third-order valence-corrected chi connectivity index (χ3v) is 8.33. The smallest absolute Gasteiger partial charge is 1.00 e. The zero-order chi connectivity index (χ0) is 18.4. The summed E-state index contributed by atoms with van der Waals surface area (Å²) < 4.78 is 0. The van der Waals surface area contributed by atoms with Crippen molar-refractivity contribution in [3.63, 3.8) is 0 Å². The van der Waals surface area contributed by atoms with Crippen LogP contribution in [0.5, 0.6) is 0 Å². The van der Waals surface area contributed by atoms with Crippen molar-refractivity contribution in [2.75, 3.05) is 18.5 Å². The largest absolute Gasteiger partial charge is 2.00 e. The Bertz CT molecular complexity index is 205. The average molecular weight is 438 g/mol. The maximum Gasteiger partial charge on any atom is 2.00 e. The first-order chi connectivity index (χ1) is 12.3. The second kappa shape index (κ2) is 26.1. The van der Waals surface area contributed by atoms with E-state index in [1.807, 2.05) is 0 Å². The average Bonchev–Trinajstić information content (AvgIpc) is 2.63. The van der Waals surface area contributed by atoms with Crippen LogP contribution in [0, 0.1) is 0 Å². The van der Waals surface area contributed by atoms with Gasteiger partial charge in [0.2, 0.25) is 0 Å². The van der Waals surface area contributed by atoms with Gasteiger partial charge >= 0.3 is 19.5 Å². The number of hydrogen-bond acceptors (Lipinski definition) is 0. The van der Waals surface area contributed by atoms with Crippen molar-refractivity contribution in [3.8, 4) is 0 Å². The van der Waals surface area contributed by atoms with E-state index in [1.165, 1.54) is 116 Å². The molecule has 0 fully saturated rings. The minimum atomic E-state index is 0. The molecule has 0 nitrogen and oxygen atoms in total. The van der Waals surface area contributed by atoms with E-state index in [4.69, 9.17) is 0 Å². The van der Waals surface area contributed by atoms with Crippen LogP contribution in [0.3, 0.4) is 0 Å². The van der Waals surface area contributed by atoms with E-state index in [2.05, 4.69) is 20.8 Å². The van der Waals surface area contributed by atoms with Crippen LogP contribution >= 0.6 is 7.92 Å². The molecule has 0 bridgehead atoms. The van der Waals surface area contributed by atoms with Crippen LogP contribution < -0.4 is 0 Å². The van der Waals surface area contributed by atoms with Gasteiger partial charge in [-0.3, -0.25) is 0 Å². The summed E-state index contributed by atoms with van der Waals surface area (Å²) in [6, 6.07) is 0. The molecule has 0 aromatic rings. The predicted octanol–water partition coefficient (Wildman–Crippen LogP) is 9.77. The van der Waals surface area contributed by atoms with Crippen molar-refractivity contribution in [1.29, 1.82) is 0 Å². The first-order valence-electron chi connectivity index (χ1n) is 12.1. The molecule has 26 heavy (non-hydrogen) atoms. The quantitative estimate of drug-likeness (QED) is 0.0951. The fraction of sp³-hybridized carbons (Fsp3) is 1.00. The molecule has 0 aliphatic rings. The normalized spacial score (nSPS) is 11.1. The molecular weight excluding hydrogens is 385 g/mol. The Balaban J connectivity index is -0.000000960. The second-order valence-electron chi connectivity index (χ2n) is 8.14. The Morgan fingerprint density at radius 1 is 0.385 bits per heavy atom. The van der Waals surface area contributed by atoms with Crippen LogP contribution in [0.25, 0.3) is 0 Å². The molecule has 0 aromatic heterocycles. The molecule has 0 aliphatic carbocycles. The van der Waals surface area contributed by atoms with Crippen molar-refractivity contribution in [1.82, 2.24) is 0 Å². The van der Waals surface area contributed by atoms with Crippen LogP contribution in [0.1, 0.15) is 139 Å². The molecular formula is C24H53PZn. The Kier molecular flexibility index (Phi) is 29.3. The van der Waals surface area contributed by atoms with Crippen LogP contribution in [0.4, 0.5) is 0 Å². The van der Waals surface area contributed by atoms with Gasteiger partial charge in [-0.25, -0.2) is 0 Å². The van der Waals surface area contributed by atoms with Gasteiger partial charge in [0.05, 0.1) is 0 Å². The third-order valence-electron chi connectivity index (χ3n) is 5.48. The van der Waals surface area contributed by atoms with Gasteiger partial charge in [-0.1, -0.05) is 117 Å². The SMILES string of the molecule is CCCCCCCCP(CCCCCCCC)CCCCCCCC.[H-].[H-].[Zn+2]. The van der Waals surface area contributed by atoms with Gasteiger partial charge in [0.25, 0.3) is 0 Å². The second-order valence-corrected chi connectivity index (χ2v) is 10.8. The van der Waals surface area contributed by atoms with Crippen LogP contribution in [0.2, 0.25) is 0 Å². The molecule has 0 saturated carbocycles. The van der Waals surface area contributed by atoms with E-state index in [9.17, 15) is 0 Å². The van der Waals surface area contributed by atoms with Crippen molar-refractivity contribution in [3.05, 3.63) is 0 Å². The number of hydrogen-bond donors (Lipinski definition) is 0. The molecule has 156 valence electrons. The standard InChI is InChI=1S/C24H51P.Zn.2H/c1-4-7-10-13-16-19-22-25(23-20-17-14-11-8-5-2)24-21-18-15-12-9-6-3;;;/h4-24H2,1-3H3;;;/q;+2;2*-1. The monoisotopic (exact) mass is 436 g/mol. The van der Waals surface area contributed by atoms with E-state index in [1.54, 1.807) is 18.5 Å². The molecule has 0 aromatic carbocycles. The van der Waals surface area contributed by atoms with E-state index >= 15 is 0 Å². The molecule has 2 heteroatoms. The van der Waals surface area contributed by atoms with Crippen molar-refractivity contribution in [2.24, 2.45) is 0 Å². The summed E-state index contributed by atoms with van der Waals surface area (Å²) in [5.74, 6) is 0. The van der Waals surface area contributed by atoms with Gasteiger partial charge in [-0.05, 0) is 37.7 Å². The first-order valence-corrected chi connectivity index (χ1v) is 14.0. The molecule has 0 amide bonds. The zero-order valence-corrected chi connectivity index (χ0v) is 22.9. The van der Waals surface area contributed by atoms with Crippen LogP contribution in [0.15, 0.2) is 0 Å². The van der Waals surface area contributed by atoms with Gasteiger partial charge in [0, 0.05) is 0 Å². The third kappa shape index (κ3) is 23.1. The van der Waals surface area contributed by atoms with Crippen LogP contribution in [-0.2, 0) is 19.5 Å². The summed E-state index contributed by atoms with van der Waals surface area (Å²) >= 11 is 0. The first kappa shape index (κ1) is 29.3. The van der Waals surface area contributed by atoms with Gasteiger partial charge in [0.1, 0.15) is 0 Å². The fourth-order valence-electron chi connectivity index (χ4n) is 3.68. The van der Waals surface area contributed by atoms with Crippen molar-refractivity contribution in [2.45, 2.75) is 136 Å². The molecule has 0 saturated heterocycles. The van der Waals surface area contributed by atoms with Gasteiger partial charge in [0.15, 0.2) is 0 Å². The topological polar surface area (TPSA) is 0 Å². The maximum atomic E-state index is 2.32. The Morgan fingerprint density at radius 3 is 0.885 bits per heavy atom. The van der Waals surface area contributed by atoms with Crippen molar-refractivity contribution < 1.29 is 22.3 Å². The Labute approximate surface area is 184 Å². The van der Waals surface area contributed by atoms with Gasteiger partial charge in [-0.2, -0.15) is 0 Å². The molecule has 0 radical (unpaired) electrons. The van der Waals surface area contributed by atoms with E-state index in [0.717, 1.165) is 0 Å². The summed E-state index contributed by atoms with van der Waals surface area (Å²) in [7, 11) is 0.366. The van der Waals surface area contributed by atoms with E-state index in [-0.39, 0.29) is 22.3 Å². The zero-order valence-electron chi connectivity index (χ0n) is 21.0. The minimum absolute atomic E-state index is 0. The van der Waals surface area contributed by atoms with Crippen molar-refractivity contribution >= 4 is 7.92 Å². The summed E-state index contributed by atoms with van der Waals surface area (Å²) in [5.41, 5.74) is 0. The van der Waals surface area contributed by atoms with E-state index < -0.39 is 0 Å². The molecule has 0 heterocycles. The Hall–Kier alpha value is 1.05. The Morgan fingerprint density at radius 2 is 0.615 bits per heavy atom. The van der Waals surface area contributed by atoms with E-state index in [0.29, 0.717) is 7.92 Å².